The summed E-state index contributed by atoms with van der Waals surface area (Å²) in [6, 6.07) is 31.7. The average Bonchev–Trinajstić information content (AvgIpc) is 3.97. The molecule has 2 aliphatic rings. The normalized spacial score (nSPS) is 18.2. The van der Waals surface area contributed by atoms with E-state index in [1.165, 1.54) is 12.4 Å². The van der Waals surface area contributed by atoms with E-state index in [1.54, 1.807) is 0 Å². The average molecular weight is 885 g/mol. The van der Waals surface area contributed by atoms with E-state index in [4.69, 9.17) is 22.9 Å². The molecule has 0 bridgehead atoms. The smallest absolute Gasteiger partial charge is 0.254 e. The minimum atomic E-state index is -0.604. The first-order chi connectivity index (χ1) is 32.1. The van der Waals surface area contributed by atoms with E-state index in [-0.39, 0.29) is 35.3 Å². The Morgan fingerprint density at radius 3 is 1.70 bits per heavy atom. The molecule has 8 aromatic rings. The van der Waals surface area contributed by atoms with Crippen LogP contribution in [-0.2, 0) is 0 Å². The second-order valence-electron chi connectivity index (χ2n) is 16.6. The fraction of sp³-hybridized carbons (Fsp3) is 0.250. The predicted molar refractivity (Wildman–Crippen MR) is 258 cm³/mol. The summed E-state index contributed by atoms with van der Waals surface area (Å²) in [6.45, 7) is 0. The van der Waals surface area contributed by atoms with Crippen molar-refractivity contribution in [2.75, 3.05) is 21.3 Å². The number of hydrogen-bond acceptors (Lipinski definition) is 14. The third-order valence-corrected chi connectivity index (χ3v) is 12.0. The summed E-state index contributed by atoms with van der Waals surface area (Å²) in [5.41, 5.74) is 29.2. The van der Waals surface area contributed by atoms with Gasteiger partial charge in [-0.25, -0.2) is 19.3 Å². The SMILES string of the molecule is NC(=O)c1cnc(N[C@@H]2CCCC[C@@H]2N)nc1Nc1cccc(-n2cc3ccccc3n2)c1.NC(=O)c1cnc(N[C@@H]2CCCC[C@@H]2N)nc1Nc1cccc(-n2ncc3ccccc32)c1. The summed E-state index contributed by atoms with van der Waals surface area (Å²) in [6.07, 6.45) is 15.1. The number of nitrogens with zero attached hydrogens (tertiary/aromatic N) is 8. The molecule has 0 saturated heterocycles. The van der Waals surface area contributed by atoms with Gasteiger partial charge in [0, 0.05) is 64.9 Å². The van der Waals surface area contributed by atoms with Crippen molar-refractivity contribution >= 4 is 68.5 Å². The number of aromatic nitrogens is 8. The maximum atomic E-state index is 12.0. The third kappa shape index (κ3) is 9.89. The molecule has 18 heteroatoms. The number of carbonyl (C=O) groups excluding carboxylic acids is 2. The maximum Gasteiger partial charge on any atom is 0.254 e. The summed E-state index contributed by atoms with van der Waals surface area (Å²) in [5.74, 6) is 0.304. The number of fused-ring (bicyclic) bond motifs is 2. The Kier molecular flexibility index (Phi) is 12.7. The van der Waals surface area contributed by atoms with E-state index in [2.05, 4.69) is 51.4 Å². The summed E-state index contributed by atoms with van der Waals surface area (Å²) in [4.78, 5) is 41.7. The van der Waals surface area contributed by atoms with Gasteiger partial charge in [-0.1, -0.05) is 74.2 Å². The molecule has 2 fully saturated rings. The van der Waals surface area contributed by atoms with Crippen LogP contribution >= 0.6 is 0 Å². The molecule has 0 aliphatic heterocycles. The standard InChI is InChI=1S/2C24H26N8O/c25-19-9-2-3-10-20(19)30-24-27-14-18(22(26)33)23(31-24)29-16-7-5-8-17(12-16)32-21-11-4-1-6-15(21)13-28-32;25-19-9-2-4-11-21(19)29-24-27-13-18(22(26)33)23(30-24)28-16-7-5-8-17(12-16)32-14-15-6-1-3-10-20(15)31-32/h1,4-8,11-14,19-20H,2-3,9-10,25H2,(H2,26,33)(H2,27,29,30,31);1,3,5-8,10,12-14,19,21H,2,4,9,11,25H2,(H2,26,33)(H2,27,28,29,30)/t19-,20+;19-,21+/m00/s1. The van der Waals surface area contributed by atoms with Gasteiger partial charge in [0.15, 0.2) is 0 Å². The summed E-state index contributed by atoms with van der Waals surface area (Å²) >= 11 is 0. The molecule has 0 spiro atoms. The Labute approximate surface area is 380 Å². The fourth-order valence-corrected chi connectivity index (χ4v) is 8.45. The number of hydrogen-bond donors (Lipinski definition) is 8. The maximum absolute atomic E-state index is 12.0. The van der Waals surface area contributed by atoms with E-state index in [0.29, 0.717) is 23.5 Å². The second-order valence-corrected chi connectivity index (χ2v) is 16.6. The number of benzene rings is 4. The molecule has 0 unspecified atom stereocenters. The van der Waals surface area contributed by atoms with Crippen LogP contribution in [0.1, 0.15) is 72.1 Å². The predicted octanol–water partition coefficient (Wildman–Crippen LogP) is 6.68. The van der Waals surface area contributed by atoms with E-state index < -0.39 is 11.8 Å². The molecule has 4 heterocycles. The van der Waals surface area contributed by atoms with Crippen molar-refractivity contribution < 1.29 is 9.59 Å². The highest BCUT2D eigenvalue weighted by atomic mass is 16.1. The zero-order chi connectivity index (χ0) is 45.6. The quantitative estimate of drug-likeness (QED) is 0.0636. The number of nitrogens with two attached hydrogens (primary N) is 4. The summed E-state index contributed by atoms with van der Waals surface area (Å²) in [5, 5.41) is 24.3. The monoisotopic (exact) mass is 884 g/mol. The Morgan fingerprint density at radius 1 is 0.591 bits per heavy atom. The molecule has 12 N–H and O–H groups in total. The molecule has 4 aromatic carbocycles. The van der Waals surface area contributed by atoms with E-state index in [1.807, 2.05) is 119 Å². The Bertz CT molecular complexity index is 2960. The molecule has 4 aromatic heterocycles. The molecule has 10 rings (SSSR count). The second kappa shape index (κ2) is 19.4. The van der Waals surface area contributed by atoms with Crippen molar-refractivity contribution in [1.29, 1.82) is 0 Å². The summed E-state index contributed by atoms with van der Waals surface area (Å²) in [7, 11) is 0. The van der Waals surface area contributed by atoms with Crippen molar-refractivity contribution in [2.24, 2.45) is 22.9 Å². The van der Waals surface area contributed by atoms with Gasteiger partial charge in [-0.05, 0) is 74.2 Å². The van der Waals surface area contributed by atoms with Gasteiger partial charge in [0.25, 0.3) is 11.8 Å². The number of para-hydroxylation sites is 1. The van der Waals surface area contributed by atoms with Crippen molar-refractivity contribution in [3.8, 4) is 11.4 Å². The molecular formula is C48H52N16O2. The molecule has 336 valence electrons. The topological polar surface area (TPSA) is 274 Å². The van der Waals surface area contributed by atoms with Gasteiger partial charge in [-0.3, -0.25) is 9.59 Å². The van der Waals surface area contributed by atoms with E-state index >= 15 is 0 Å². The zero-order valence-corrected chi connectivity index (χ0v) is 36.2. The van der Waals surface area contributed by atoms with Crippen LogP contribution in [0, 0.1) is 0 Å². The van der Waals surface area contributed by atoms with Crippen LogP contribution in [0.2, 0.25) is 0 Å². The molecule has 66 heavy (non-hydrogen) atoms. The lowest BCUT2D eigenvalue weighted by Gasteiger charge is -2.29. The molecule has 2 saturated carbocycles. The number of primary amides is 2. The van der Waals surface area contributed by atoms with Gasteiger partial charge in [0.2, 0.25) is 11.9 Å². The highest BCUT2D eigenvalue weighted by Gasteiger charge is 2.25. The van der Waals surface area contributed by atoms with Crippen LogP contribution in [0.15, 0.2) is 122 Å². The lowest BCUT2D eigenvalue weighted by molar-refractivity contribution is 0.0992. The molecular weight excluding hydrogens is 833 g/mol. The van der Waals surface area contributed by atoms with Gasteiger partial charge in [0.05, 0.1) is 28.6 Å². The number of rotatable bonds is 12. The van der Waals surface area contributed by atoms with E-state index in [9.17, 15) is 9.59 Å². The molecule has 18 nitrogen and oxygen atoms in total. The van der Waals surface area contributed by atoms with Gasteiger partial charge in [0.1, 0.15) is 22.8 Å². The van der Waals surface area contributed by atoms with Gasteiger partial charge in [-0.15, -0.1) is 0 Å². The van der Waals surface area contributed by atoms with Crippen molar-refractivity contribution in [3.63, 3.8) is 0 Å². The highest BCUT2D eigenvalue weighted by Crippen LogP contribution is 2.28. The third-order valence-electron chi connectivity index (χ3n) is 12.0. The van der Waals surface area contributed by atoms with Crippen molar-refractivity contribution in [3.05, 3.63) is 133 Å². The minimum Gasteiger partial charge on any atom is -0.365 e. The minimum absolute atomic E-state index is 0.0511. The number of anilines is 6. The first-order valence-electron chi connectivity index (χ1n) is 22.2. The molecule has 2 aliphatic carbocycles. The molecule has 2 amide bonds. The first-order valence-corrected chi connectivity index (χ1v) is 22.2. The number of carbonyl (C=O) groups is 2. The van der Waals surface area contributed by atoms with Crippen LogP contribution < -0.4 is 44.2 Å². The lowest BCUT2D eigenvalue weighted by Crippen LogP contribution is -2.43. The fourth-order valence-electron chi connectivity index (χ4n) is 8.45. The lowest BCUT2D eigenvalue weighted by atomic mass is 9.91. The van der Waals surface area contributed by atoms with Gasteiger partial charge in [-0.2, -0.15) is 20.2 Å². The van der Waals surface area contributed by atoms with Crippen LogP contribution in [0.5, 0.6) is 0 Å². The Balaban J connectivity index is 0.000000166. The van der Waals surface area contributed by atoms with Crippen LogP contribution in [0.4, 0.5) is 34.9 Å². The zero-order valence-electron chi connectivity index (χ0n) is 36.2. The molecule has 0 radical (unpaired) electrons. The summed E-state index contributed by atoms with van der Waals surface area (Å²) < 4.78 is 3.69. The number of nitrogens with one attached hydrogen (secondary N) is 4. The Morgan fingerprint density at radius 2 is 1.12 bits per heavy atom. The first kappa shape index (κ1) is 43.3. The van der Waals surface area contributed by atoms with Crippen molar-refractivity contribution in [1.82, 2.24) is 39.5 Å². The Hall–Kier alpha value is -7.96. The largest absolute Gasteiger partial charge is 0.365 e. The number of amides is 2. The van der Waals surface area contributed by atoms with Gasteiger partial charge >= 0.3 is 0 Å². The van der Waals surface area contributed by atoms with Crippen molar-refractivity contribution in [2.45, 2.75) is 75.5 Å². The highest BCUT2D eigenvalue weighted by molar-refractivity contribution is 5.99. The van der Waals surface area contributed by atoms with Gasteiger partial charge < -0.3 is 44.2 Å². The van der Waals surface area contributed by atoms with Crippen LogP contribution in [-0.4, -0.2) is 75.5 Å². The van der Waals surface area contributed by atoms with Crippen LogP contribution in [0.3, 0.4) is 0 Å². The molecule has 4 atom stereocenters. The van der Waals surface area contributed by atoms with E-state index in [0.717, 1.165) is 95.9 Å². The van der Waals surface area contributed by atoms with Crippen LogP contribution in [0.25, 0.3) is 33.2 Å².